The molecular formula is C13H14Br2N2OS. The van der Waals surface area contributed by atoms with E-state index >= 15 is 0 Å². The van der Waals surface area contributed by atoms with Gasteiger partial charge in [0, 0.05) is 27.6 Å². The molecule has 6 heteroatoms. The summed E-state index contributed by atoms with van der Waals surface area (Å²) in [5.41, 5.74) is 6.86. The Bertz CT molecular complexity index is 540. The number of thiophene rings is 1. The summed E-state index contributed by atoms with van der Waals surface area (Å²) in [6, 6.07) is 10.00. The summed E-state index contributed by atoms with van der Waals surface area (Å²) in [6.07, 6.45) is 0. The van der Waals surface area contributed by atoms with E-state index in [1.165, 1.54) is 4.88 Å². The van der Waals surface area contributed by atoms with Crippen LogP contribution >= 0.6 is 43.2 Å². The number of rotatable bonds is 5. The van der Waals surface area contributed by atoms with Crippen molar-refractivity contribution in [3.8, 4) is 5.75 Å². The van der Waals surface area contributed by atoms with E-state index in [0.29, 0.717) is 6.54 Å². The number of halogens is 2. The SMILES string of the molecule is COc1cccc(NC(CN)c2cc(Br)c(Br)s2)c1. The molecule has 102 valence electrons. The van der Waals surface area contributed by atoms with Crippen LogP contribution in [-0.4, -0.2) is 13.7 Å². The molecule has 0 spiro atoms. The first-order chi connectivity index (χ1) is 9.13. The van der Waals surface area contributed by atoms with Crippen molar-refractivity contribution in [2.24, 2.45) is 5.73 Å². The standard InChI is InChI=1S/C13H14Br2N2OS/c1-18-9-4-2-3-8(5-9)17-11(7-16)12-6-10(14)13(15)19-12/h2-6,11,17H,7,16H2,1H3. The lowest BCUT2D eigenvalue weighted by molar-refractivity contribution is 0.415. The van der Waals surface area contributed by atoms with Crippen LogP contribution in [0.3, 0.4) is 0 Å². The zero-order chi connectivity index (χ0) is 13.8. The third-order valence-electron chi connectivity index (χ3n) is 2.65. The van der Waals surface area contributed by atoms with E-state index in [9.17, 15) is 0 Å². The van der Waals surface area contributed by atoms with Crippen molar-refractivity contribution in [1.82, 2.24) is 0 Å². The minimum Gasteiger partial charge on any atom is -0.497 e. The summed E-state index contributed by atoms with van der Waals surface area (Å²) < 4.78 is 7.35. The van der Waals surface area contributed by atoms with Crippen molar-refractivity contribution in [2.75, 3.05) is 19.0 Å². The first kappa shape index (κ1) is 14.8. The Labute approximate surface area is 133 Å². The molecule has 19 heavy (non-hydrogen) atoms. The highest BCUT2D eigenvalue weighted by molar-refractivity contribution is 9.13. The Kier molecular flexibility index (Phi) is 5.27. The lowest BCUT2D eigenvalue weighted by Gasteiger charge is -2.17. The molecule has 0 aliphatic heterocycles. The molecule has 1 unspecified atom stereocenters. The number of hydrogen-bond acceptors (Lipinski definition) is 4. The van der Waals surface area contributed by atoms with Crippen LogP contribution in [0.4, 0.5) is 5.69 Å². The van der Waals surface area contributed by atoms with Crippen molar-refractivity contribution in [3.05, 3.63) is 43.5 Å². The summed E-state index contributed by atoms with van der Waals surface area (Å²) in [4.78, 5) is 1.18. The number of nitrogens with one attached hydrogen (secondary N) is 1. The van der Waals surface area contributed by atoms with Gasteiger partial charge in [0.15, 0.2) is 0 Å². The van der Waals surface area contributed by atoms with Gasteiger partial charge < -0.3 is 15.8 Å². The van der Waals surface area contributed by atoms with Crippen LogP contribution in [0, 0.1) is 0 Å². The zero-order valence-corrected chi connectivity index (χ0v) is 14.3. The Balaban J connectivity index is 2.18. The molecular weight excluding hydrogens is 392 g/mol. The predicted octanol–water partition coefficient (Wildman–Crippen LogP) is 4.39. The average molecular weight is 406 g/mol. The molecule has 3 N–H and O–H groups in total. The third kappa shape index (κ3) is 3.72. The van der Waals surface area contributed by atoms with Crippen molar-refractivity contribution in [3.63, 3.8) is 0 Å². The Morgan fingerprint density at radius 2 is 2.16 bits per heavy atom. The van der Waals surface area contributed by atoms with Gasteiger partial charge in [-0.2, -0.15) is 0 Å². The van der Waals surface area contributed by atoms with E-state index < -0.39 is 0 Å². The molecule has 2 rings (SSSR count). The Hall–Kier alpha value is -0.560. The molecule has 1 atom stereocenters. The molecule has 0 saturated heterocycles. The summed E-state index contributed by atoms with van der Waals surface area (Å²) >= 11 is 8.67. The number of nitrogens with two attached hydrogens (primary N) is 1. The molecule has 0 aliphatic rings. The minimum absolute atomic E-state index is 0.0831. The summed E-state index contributed by atoms with van der Waals surface area (Å²) in [6.45, 7) is 0.524. The maximum atomic E-state index is 5.86. The molecule has 1 heterocycles. The number of anilines is 1. The highest BCUT2D eigenvalue weighted by Gasteiger charge is 2.14. The fraction of sp³-hybridized carbons (Fsp3) is 0.231. The van der Waals surface area contributed by atoms with E-state index in [4.69, 9.17) is 10.5 Å². The van der Waals surface area contributed by atoms with Gasteiger partial charge in [-0.15, -0.1) is 11.3 Å². The van der Waals surface area contributed by atoms with Crippen LogP contribution in [0.5, 0.6) is 5.75 Å². The van der Waals surface area contributed by atoms with Crippen molar-refractivity contribution >= 4 is 48.9 Å². The van der Waals surface area contributed by atoms with Gasteiger partial charge in [-0.1, -0.05) is 6.07 Å². The van der Waals surface area contributed by atoms with Gasteiger partial charge in [0.2, 0.25) is 0 Å². The largest absolute Gasteiger partial charge is 0.497 e. The maximum Gasteiger partial charge on any atom is 0.120 e. The normalized spacial score (nSPS) is 12.2. The monoisotopic (exact) mass is 404 g/mol. The number of methoxy groups -OCH3 is 1. The van der Waals surface area contributed by atoms with Crippen molar-refractivity contribution < 1.29 is 4.74 Å². The lowest BCUT2D eigenvalue weighted by atomic mass is 10.2. The average Bonchev–Trinajstić information content (AvgIpc) is 2.76. The molecule has 0 bridgehead atoms. The second-order valence-electron chi connectivity index (χ2n) is 3.93. The van der Waals surface area contributed by atoms with Crippen LogP contribution in [-0.2, 0) is 0 Å². The summed E-state index contributed by atoms with van der Waals surface area (Å²) in [5.74, 6) is 0.828. The van der Waals surface area contributed by atoms with E-state index in [2.05, 4.69) is 43.2 Å². The summed E-state index contributed by atoms with van der Waals surface area (Å²) in [7, 11) is 1.66. The smallest absolute Gasteiger partial charge is 0.120 e. The minimum atomic E-state index is 0.0831. The number of hydrogen-bond donors (Lipinski definition) is 2. The highest BCUT2D eigenvalue weighted by atomic mass is 79.9. The molecule has 0 saturated carbocycles. The van der Waals surface area contributed by atoms with Gasteiger partial charge >= 0.3 is 0 Å². The van der Waals surface area contributed by atoms with Crippen LogP contribution in [0.15, 0.2) is 38.6 Å². The quantitative estimate of drug-likeness (QED) is 0.775. The van der Waals surface area contributed by atoms with E-state index in [0.717, 1.165) is 19.7 Å². The second-order valence-corrected chi connectivity index (χ2v) is 7.19. The van der Waals surface area contributed by atoms with Gasteiger partial charge in [-0.05, 0) is 50.1 Å². The topological polar surface area (TPSA) is 47.3 Å². The molecule has 0 radical (unpaired) electrons. The molecule has 0 amide bonds. The van der Waals surface area contributed by atoms with E-state index in [1.54, 1.807) is 18.4 Å². The zero-order valence-electron chi connectivity index (χ0n) is 10.3. The van der Waals surface area contributed by atoms with Gasteiger partial charge in [0.1, 0.15) is 5.75 Å². The van der Waals surface area contributed by atoms with Crippen LogP contribution in [0.25, 0.3) is 0 Å². The lowest BCUT2D eigenvalue weighted by Crippen LogP contribution is -2.19. The Morgan fingerprint density at radius 3 is 2.74 bits per heavy atom. The Morgan fingerprint density at radius 1 is 1.37 bits per heavy atom. The van der Waals surface area contributed by atoms with Crippen molar-refractivity contribution in [2.45, 2.75) is 6.04 Å². The first-order valence-electron chi connectivity index (χ1n) is 5.69. The van der Waals surface area contributed by atoms with Gasteiger partial charge in [-0.3, -0.25) is 0 Å². The highest BCUT2D eigenvalue weighted by Crippen LogP contribution is 2.36. The molecule has 3 nitrogen and oxygen atoms in total. The molecule has 1 aromatic heterocycles. The number of ether oxygens (including phenoxy) is 1. The second kappa shape index (κ2) is 6.74. The summed E-state index contributed by atoms with van der Waals surface area (Å²) in [5, 5.41) is 3.42. The fourth-order valence-electron chi connectivity index (χ4n) is 1.70. The van der Waals surface area contributed by atoms with Crippen LogP contribution < -0.4 is 15.8 Å². The molecule has 2 aromatic rings. The predicted molar refractivity (Wildman–Crippen MR) is 88.1 cm³/mol. The number of benzene rings is 1. The molecule has 0 fully saturated rings. The maximum absolute atomic E-state index is 5.86. The van der Waals surface area contributed by atoms with Crippen LogP contribution in [0.1, 0.15) is 10.9 Å². The molecule has 1 aromatic carbocycles. The van der Waals surface area contributed by atoms with E-state index in [-0.39, 0.29) is 6.04 Å². The first-order valence-corrected chi connectivity index (χ1v) is 8.09. The molecule has 0 aliphatic carbocycles. The van der Waals surface area contributed by atoms with Gasteiger partial charge in [0.25, 0.3) is 0 Å². The van der Waals surface area contributed by atoms with Crippen molar-refractivity contribution in [1.29, 1.82) is 0 Å². The van der Waals surface area contributed by atoms with Crippen LogP contribution in [0.2, 0.25) is 0 Å². The fourth-order valence-corrected chi connectivity index (χ4v) is 3.85. The van der Waals surface area contributed by atoms with Gasteiger partial charge in [0.05, 0.1) is 16.9 Å². The third-order valence-corrected chi connectivity index (χ3v) is 6.02. The van der Waals surface area contributed by atoms with Gasteiger partial charge in [-0.25, -0.2) is 0 Å². The van der Waals surface area contributed by atoms with E-state index in [1.807, 2.05) is 24.3 Å².